The predicted octanol–water partition coefficient (Wildman–Crippen LogP) is 0.903. The van der Waals surface area contributed by atoms with Gasteiger partial charge in [-0.15, -0.1) is 0 Å². The Morgan fingerprint density at radius 3 is 3.08 bits per heavy atom. The van der Waals surface area contributed by atoms with E-state index in [1.165, 1.54) is 5.56 Å². The largest absolute Gasteiger partial charge is 0.481 e. The highest BCUT2D eigenvalue weighted by Gasteiger charge is 2.19. The number of nitrogens with two attached hydrogens (primary N) is 1. The van der Waals surface area contributed by atoms with Crippen molar-refractivity contribution in [2.75, 3.05) is 13.7 Å². The summed E-state index contributed by atoms with van der Waals surface area (Å²) in [4.78, 5) is 4.09. The number of hydrogen-bond acceptors (Lipinski definition) is 3. The molecule has 3 nitrogen and oxygen atoms in total. The first-order valence-corrected chi connectivity index (χ1v) is 3.81. The van der Waals surface area contributed by atoms with Crippen molar-refractivity contribution in [2.24, 2.45) is 5.73 Å². The summed E-state index contributed by atoms with van der Waals surface area (Å²) >= 11 is 0. The van der Waals surface area contributed by atoms with E-state index in [4.69, 9.17) is 10.5 Å². The topological polar surface area (TPSA) is 48.1 Å². The Kier molecular flexibility index (Phi) is 1.59. The molecule has 0 bridgehead atoms. The van der Waals surface area contributed by atoms with Crippen molar-refractivity contribution in [1.29, 1.82) is 0 Å². The average Bonchev–Trinajstić information content (AvgIpc) is 2.07. The molecule has 1 aromatic rings. The van der Waals surface area contributed by atoms with Crippen LogP contribution in [0.4, 0.5) is 0 Å². The molecule has 0 atom stereocenters. The summed E-state index contributed by atoms with van der Waals surface area (Å²) in [5, 5.41) is 0. The molecule has 0 unspecified atom stereocenters. The number of nitrogens with zero attached hydrogens (tertiary/aromatic N) is 1. The Labute approximate surface area is 70.9 Å². The van der Waals surface area contributed by atoms with Gasteiger partial charge in [0.05, 0.1) is 7.11 Å². The molecular weight excluding hydrogens is 152 g/mol. The van der Waals surface area contributed by atoms with E-state index >= 15 is 0 Å². The Morgan fingerprint density at radius 2 is 2.42 bits per heavy atom. The number of hydrogen-bond donors (Lipinski definition) is 1. The molecule has 0 saturated heterocycles. The van der Waals surface area contributed by atoms with Gasteiger partial charge in [0.2, 0.25) is 5.88 Å². The molecule has 2 N–H and O–H groups in total. The lowest BCUT2D eigenvalue weighted by Gasteiger charge is -2.20. The van der Waals surface area contributed by atoms with Gasteiger partial charge in [0.15, 0.2) is 0 Å². The summed E-state index contributed by atoms with van der Waals surface area (Å²) in [6, 6.07) is 1.96. The second-order valence-corrected chi connectivity index (χ2v) is 2.66. The lowest BCUT2D eigenvalue weighted by Crippen LogP contribution is -2.11. The number of pyridine rings is 1. The Hall–Kier alpha value is -1.35. The quantitative estimate of drug-likeness (QED) is 0.703. The van der Waals surface area contributed by atoms with E-state index in [-0.39, 0.29) is 0 Å². The standard InChI is InChI=1S/C9H10N2O/c1-12-9-8-6(2-3-11-9)4-7(8)5-10/h2-4H,5,10H2,1H3. The summed E-state index contributed by atoms with van der Waals surface area (Å²) in [7, 11) is 1.62. The first-order chi connectivity index (χ1) is 5.86. The smallest absolute Gasteiger partial charge is 0.221 e. The maximum Gasteiger partial charge on any atom is 0.221 e. The number of rotatable bonds is 2. The minimum Gasteiger partial charge on any atom is -0.481 e. The average molecular weight is 162 g/mol. The van der Waals surface area contributed by atoms with E-state index in [0.29, 0.717) is 12.4 Å². The van der Waals surface area contributed by atoms with Crippen LogP contribution in [-0.2, 0) is 0 Å². The lowest BCUT2D eigenvalue weighted by atomic mass is 9.90. The summed E-state index contributed by atoms with van der Waals surface area (Å²) in [6.07, 6.45) is 3.79. The third-order valence-corrected chi connectivity index (χ3v) is 2.01. The first kappa shape index (κ1) is 7.31. The van der Waals surface area contributed by atoms with E-state index in [0.717, 1.165) is 11.1 Å². The molecule has 1 aliphatic rings. The zero-order valence-corrected chi connectivity index (χ0v) is 6.87. The highest BCUT2D eigenvalue weighted by atomic mass is 16.5. The van der Waals surface area contributed by atoms with Gasteiger partial charge in [-0.1, -0.05) is 0 Å². The van der Waals surface area contributed by atoms with Gasteiger partial charge in [0.25, 0.3) is 0 Å². The van der Waals surface area contributed by atoms with Crippen LogP contribution in [0, 0.1) is 0 Å². The number of aromatic nitrogens is 1. The zero-order chi connectivity index (χ0) is 8.55. The second kappa shape index (κ2) is 2.60. The van der Waals surface area contributed by atoms with Crippen LogP contribution in [0.3, 0.4) is 0 Å². The monoisotopic (exact) mass is 162 g/mol. The van der Waals surface area contributed by atoms with Gasteiger partial charge < -0.3 is 10.5 Å². The molecule has 12 heavy (non-hydrogen) atoms. The van der Waals surface area contributed by atoms with Gasteiger partial charge in [-0.3, -0.25) is 0 Å². The third-order valence-electron chi connectivity index (χ3n) is 2.01. The number of fused-ring (bicyclic) bond motifs is 1. The second-order valence-electron chi connectivity index (χ2n) is 2.66. The normalized spacial score (nSPS) is 13.0. The van der Waals surface area contributed by atoms with Gasteiger partial charge in [-0.2, -0.15) is 0 Å². The van der Waals surface area contributed by atoms with Crippen LogP contribution in [-0.4, -0.2) is 18.6 Å². The van der Waals surface area contributed by atoms with Crippen molar-refractivity contribution in [3.63, 3.8) is 0 Å². The Morgan fingerprint density at radius 1 is 1.58 bits per heavy atom. The maximum absolute atomic E-state index is 5.52. The Bertz CT molecular complexity index is 344. The van der Waals surface area contributed by atoms with Gasteiger partial charge in [0.1, 0.15) is 0 Å². The minimum absolute atomic E-state index is 0.551. The van der Waals surface area contributed by atoms with Crippen molar-refractivity contribution in [2.45, 2.75) is 0 Å². The van der Waals surface area contributed by atoms with Crippen molar-refractivity contribution >= 4 is 11.6 Å². The molecule has 0 aliphatic heterocycles. The molecule has 0 spiro atoms. The van der Waals surface area contributed by atoms with E-state index in [1.807, 2.05) is 6.07 Å². The molecule has 0 saturated carbocycles. The van der Waals surface area contributed by atoms with Crippen LogP contribution in [0.25, 0.3) is 11.6 Å². The van der Waals surface area contributed by atoms with Crippen LogP contribution in [0.2, 0.25) is 0 Å². The van der Waals surface area contributed by atoms with Crippen LogP contribution in [0.5, 0.6) is 5.88 Å². The van der Waals surface area contributed by atoms with E-state index in [1.54, 1.807) is 13.3 Å². The molecule has 1 aromatic heterocycles. The molecule has 1 aliphatic carbocycles. The molecule has 0 aromatic carbocycles. The highest BCUT2D eigenvalue weighted by Crippen LogP contribution is 2.36. The fourth-order valence-corrected chi connectivity index (χ4v) is 1.40. The summed E-state index contributed by atoms with van der Waals surface area (Å²) in [5.41, 5.74) is 8.88. The van der Waals surface area contributed by atoms with Crippen molar-refractivity contribution in [3.05, 3.63) is 23.4 Å². The summed E-state index contributed by atoms with van der Waals surface area (Å²) in [5.74, 6) is 0.676. The van der Waals surface area contributed by atoms with Gasteiger partial charge >= 0.3 is 0 Å². The minimum atomic E-state index is 0.551. The molecule has 3 heteroatoms. The van der Waals surface area contributed by atoms with Crippen LogP contribution >= 0.6 is 0 Å². The van der Waals surface area contributed by atoms with Crippen molar-refractivity contribution < 1.29 is 4.74 Å². The van der Waals surface area contributed by atoms with E-state index in [9.17, 15) is 0 Å². The molecule has 0 radical (unpaired) electrons. The molecule has 0 amide bonds. The van der Waals surface area contributed by atoms with Crippen LogP contribution < -0.4 is 10.5 Å². The predicted molar refractivity (Wildman–Crippen MR) is 47.7 cm³/mol. The fourth-order valence-electron chi connectivity index (χ4n) is 1.40. The SMILES string of the molecule is COc1nccc2c1C(CN)=C2. The van der Waals surface area contributed by atoms with Gasteiger partial charge in [0, 0.05) is 18.3 Å². The molecule has 62 valence electrons. The molecule has 2 rings (SSSR count). The first-order valence-electron chi connectivity index (χ1n) is 3.81. The fraction of sp³-hybridized carbons (Fsp3) is 0.222. The maximum atomic E-state index is 5.52. The van der Waals surface area contributed by atoms with Gasteiger partial charge in [-0.05, 0) is 23.3 Å². The molecule has 0 fully saturated rings. The van der Waals surface area contributed by atoms with Crippen LogP contribution in [0.15, 0.2) is 12.3 Å². The zero-order valence-electron chi connectivity index (χ0n) is 6.87. The van der Waals surface area contributed by atoms with Crippen LogP contribution in [0.1, 0.15) is 11.1 Å². The van der Waals surface area contributed by atoms with E-state index in [2.05, 4.69) is 11.1 Å². The highest BCUT2D eigenvalue weighted by molar-refractivity contribution is 5.97. The number of methoxy groups -OCH3 is 1. The summed E-state index contributed by atoms with van der Waals surface area (Å²) < 4.78 is 5.10. The molecule has 1 heterocycles. The molecular formula is C9H10N2O. The van der Waals surface area contributed by atoms with Crippen molar-refractivity contribution in [1.82, 2.24) is 4.98 Å². The van der Waals surface area contributed by atoms with Gasteiger partial charge in [-0.25, -0.2) is 4.98 Å². The van der Waals surface area contributed by atoms with E-state index < -0.39 is 0 Å². The Balaban J connectivity index is 2.46. The lowest BCUT2D eigenvalue weighted by molar-refractivity contribution is 0.396. The summed E-state index contributed by atoms with van der Waals surface area (Å²) in [6.45, 7) is 0.551. The number of ether oxygens (including phenoxy) is 1. The third kappa shape index (κ3) is 0.833. The van der Waals surface area contributed by atoms with Crippen molar-refractivity contribution in [3.8, 4) is 5.88 Å².